The topological polar surface area (TPSA) is 58.2 Å². The van der Waals surface area contributed by atoms with Crippen LogP contribution in [0.3, 0.4) is 0 Å². The van der Waals surface area contributed by atoms with Gasteiger partial charge in [0.15, 0.2) is 0 Å². The van der Waals surface area contributed by atoms with Crippen molar-refractivity contribution in [3.63, 3.8) is 0 Å². The molecule has 1 aliphatic rings. The van der Waals surface area contributed by atoms with E-state index in [9.17, 15) is 14.0 Å². The average molecular weight is 361 g/mol. The third-order valence-electron chi connectivity index (χ3n) is 4.32. The second-order valence-corrected chi connectivity index (χ2v) is 6.64. The monoisotopic (exact) mass is 360 g/mol. The van der Waals surface area contributed by atoms with Crippen molar-refractivity contribution in [2.45, 2.75) is 19.9 Å². The molecule has 0 aromatic heterocycles. The summed E-state index contributed by atoms with van der Waals surface area (Å²) in [4.78, 5) is 24.4. The van der Waals surface area contributed by atoms with Crippen LogP contribution in [-0.4, -0.2) is 11.8 Å². The van der Waals surface area contributed by atoms with Crippen LogP contribution in [-0.2, 0) is 16.1 Å². The van der Waals surface area contributed by atoms with Gasteiger partial charge in [-0.1, -0.05) is 29.8 Å². The van der Waals surface area contributed by atoms with E-state index in [0.29, 0.717) is 22.7 Å². The molecule has 0 radical (unpaired) electrons. The molecule has 25 heavy (non-hydrogen) atoms. The lowest BCUT2D eigenvalue weighted by molar-refractivity contribution is -0.125. The quantitative estimate of drug-likeness (QED) is 0.854. The van der Waals surface area contributed by atoms with Crippen molar-refractivity contribution in [1.29, 1.82) is 0 Å². The highest BCUT2D eigenvalue weighted by molar-refractivity contribution is 6.30. The molecule has 130 valence electrons. The number of benzene rings is 2. The molecule has 2 aromatic carbocycles. The standard InChI is InChI=1S/C19H18ClFN2O2/c1-11-8-13(20)6-7-17(11)23-19(25)15-9-14(15)18(24)22-10-12-4-2-3-5-16(12)21/h2-8,14-15H,9-10H2,1H3,(H,22,24)(H,23,25). The van der Waals surface area contributed by atoms with Crippen molar-refractivity contribution in [2.24, 2.45) is 11.8 Å². The molecule has 0 aliphatic heterocycles. The van der Waals surface area contributed by atoms with Gasteiger partial charge in [0.2, 0.25) is 11.8 Å². The summed E-state index contributed by atoms with van der Waals surface area (Å²) in [5, 5.41) is 6.13. The molecule has 3 rings (SSSR count). The molecule has 2 atom stereocenters. The van der Waals surface area contributed by atoms with Crippen LogP contribution in [0.15, 0.2) is 42.5 Å². The predicted molar refractivity (Wildman–Crippen MR) is 94.7 cm³/mol. The summed E-state index contributed by atoms with van der Waals surface area (Å²) >= 11 is 5.90. The molecule has 2 N–H and O–H groups in total. The maximum absolute atomic E-state index is 13.5. The lowest BCUT2D eigenvalue weighted by Crippen LogP contribution is -2.27. The Morgan fingerprint density at radius 1 is 1.16 bits per heavy atom. The maximum atomic E-state index is 13.5. The number of amides is 2. The van der Waals surface area contributed by atoms with Crippen molar-refractivity contribution < 1.29 is 14.0 Å². The molecule has 0 heterocycles. The number of hydrogen-bond acceptors (Lipinski definition) is 2. The van der Waals surface area contributed by atoms with Gasteiger partial charge in [-0.3, -0.25) is 9.59 Å². The van der Waals surface area contributed by atoms with E-state index in [1.807, 2.05) is 6.92 Å². The second kappa shape index (κ2) is 7.23. The fraction of sp³-hybridized carbons (Fsp3) is 0.263. The van der Waals surface area contributed by atoms with Gasteiger partial charge >= 0.3 is 0 Å². The molecular formula is C19H18ClFN2O2. The minimum absolute atomic E-state index is 0.118. The van der Waals surface area contributed by atoms with E-state index in [0.717, 1.165) is 5.56 Å². The zero-order valence-corrected chi connectivity index (χ0v) is 14.4. The number of anilines is 1. The highest BCUT2D eigenvalue weighted by Crippen LogP contribution is 2.39. The van der Waals surface area contributed by atoms with Gasteiger partial charge in [0.25, 0.3) is 0 Å². The highest BCUT2D eigenvalue weighted by Gasteiger charge is 2.48. The van der Waals surface area contributed by atoms with E-state index < -0.39 is 0 Å². The first-order valence-electron chi connectivity index (χ1n) is 8.04. The van der Waals surface area contributed by atoms with Gasteiger partial charge < -0.3 is 10.6 Å². The molecule has 4 nitrogen and oxygen atoms in total. The zero-order chi connectivity index (χ0) is 18.0. The number of nitrogens with one attached hydrogen (secondary N) is 2. The molecule has 0 spiro atoms. The normalized spacial score (nSPS) is 18.5. The van der Waals surface area contributed by atoms with E-state index in [1.54, 1.807) is 36.4 Å². The minimum Gasteiger partial charge on any atom is -0.352 e. The number of carbonyl (C=O) groups is 2. The molecular weight excluding hydrogens is 343 g/mol. The van der Waals surface area contributed by atoms with Crippen molar-refractivity contribution in [2.75, 3.05) is 5.32 Å². The van der Waals surface area contributed by atoms with Crippen LogP contribution < -0.4 is 10.6 Å². The van der Waals surface area contributed by atoms with Crippen LogP contribution >= 0.6 is 11.6 Å². The third kappa shape index (κ3) is 4.17. The Labute approximate surface area is 150 Å². The van der Waals surface area contributed by atoms with Gasteiger partial charge in [-0.25, -0.2) is 4.39 Å². The SMILES string of the molecule is Cc1cc(Cl)ccc1NC(=O)C1CC1C(=O)NCc1ccccc1F. The minimum atomic E-state index is -0.362. The van der Waals surface area contributed by atoms with Crippen molar-refractivity contribution in [3.05, 3.63) is 64.4 Å². The smallest absolute Gasteiger partial charge is 0.228 e. The van der Waals surface area contributed by atoms with Gasteiger partial charge in [-0.2, -0.15) is 0 Å². The van der Waals surface area contributed by atoms with E-state index >= 15 is 0 Å². The van der Waals surface area contributed by atoms with Gasteiger partial charge in [0, 0.05) is 22.8 Å². The summed E-state index contributed by atoms with van der Waals surface area (Å²) in [5.41, 5.74) is 1.98. The first kappa shape index (κ1) is 17.4. The van der Waals surface area contributed by atoms with Gasteiger partial charge in [0.05, 0.1) is 11.8 Å². The summed E-state index contributed by atoms with van der Waals surface area (Å²) in [6.07, 6.45) is 0.502. The lowest BCUT2D eigenvalue weighted by Gasteiger charge is -2.09. The number of halogens is 2. The second-order valence-electron chi connectivity index (χ2n) is 6.21. The fourth-order valence-corrected chi connectivity index (χ4v) is 2.95. The molecule has 6 heteroatoms. The summed E-state index contributed by atoms with van der Waals surface area (Å²) in [7, 11) is 0. The van der Waals surface area contributed by atoms with Crippen LogP contribution in [0, 0.1) is 24.6 Å². The van der Waals surface area contributed by atoms with Crippen molar-refractivity contribution in [1.82, 2.24) is 5.32 Å². The van der Waals surface area contributed by atoms with E-state index in [-0.39, 0.29) is 36.0 Å². The third-order valence-corrected chi connectivity index (χ3v) is 4.56. The molecule has 0 saturated heterocycles. The van der Waals surface area contributed by atoms with Crippen molar-refractivity contribution >= 4 is 29.1 Å². The van der Waals surface area contributed by atoms with E-state index in [4.69, 9.17) is 11.6 Å². The van der Waals surface area contributed by atoms with Crippen LogP contribution in [0.5, 0.6) is 0 Å². The Hall–Kier alpha value is -2.40. The average Bonchev–Trinajstić information content (AvgIpc) is 3.37. The fourth-order valence-electron chi connectivity index (χ4n) is 2.72. The Morgan fingerprint density at radius 2 is 1.88 bits per heavy atom. The molecule has 1 aliphatic carbocycles. The number of hydrogen-bond donors (Lipinski definition) is 2. The van der Waals surface area contributed by atoms with Gasteiger partial charge in [-0.05, 0) is 43.2 Å². The van der Waals surface area contributed by atoms with E-state index in [2.05, 4.69) is 10.6 Å². The zero-order valence-electron chi connectivity index (χ0n) is 13.7. The van der Waals surface area contributed by atoms with Gasteiger partial charge in [-0.15, -0.1) is 0 Å². The Bertz CT molecular complexity index is 825. The lowest BCUT2D eigenvalue weighted by atomic mass is 10.2. The molecule has 2 unspecified atom stereocenters. The molecule has 1 fully saturated rings. The number of aryl methyl sites for hydroxylation is 1. The number of carbonyl (C=O) groups excluding carboxylic acids is 2. The molecule has 2 amide bonds. The van der Waals surface area contributed by atoms with Crippen LogP contribution in [0.2, 0.25) is 5.02 Å². The number of rotatable bonds is 5. The van der Waals surface area contributed by atoms with Crippen LogP contribution in [0.1, 0.15) is 17.5 Å². The van der Waals surface area contributed by atoms with Crippen molar-refractivity contribution in [3.8, 4) is 0 Å². The first-order valence-corrected chi connectivity index (χ1v) is 8.41. The summed E-state index contributed by atoms with van der Waals surface area (Å²) < 4.78 is 13.5. The van der Waals surface area contributed by atoms with Gasteiger partial charge in [0.1, 0.15) is 5.82 Å². The van der Waals surface area contributed by atoms with Crippen LogP contribution in [0.4, 0.5) is 10.1 Å². The summed E-state index contributed by atoms with van der Waals surface area (Å²) in [6.45, 7) is 1.97. The predicted octanol–water partition coefficient (Wildman–Crippen LogP) is 3.68. The Kier molecular flexibility index (Phi) is 5.04. The maximum Gasteiger partial charge on any atom is 0.228 e. The first-order chi connectivity index (χ1) is 12.0. The molecule has 1 saturated carbocycles. The molecule has 0 bridgehead atoms. The van der Waals surface area contributed by atoms with E-state index in [1.165, 1.54) is 6.07 Å². The largest absolute Gasteiger partial charge is 0.352 e. The summed E-state index contributed by atoms with van der Waals surface area (Å²) in [6, 6.07) is 11.5. The van der Waals surface area contributed by atoms with Crippen LogP contribution in [0.25, 0.3) is 0 Å². The molecule has 2 aromatic rings. The Balaban J connectivity index is 1.52. The Morgan fingerprint density at radius 3 is 2.60 bits per heavy atom. The summed E-state index contributed by atoms with van der Waals surface area (Å²) in [5.74, 6) is -1.48. The highest BCUT2D eigenvalue weighted by atomic mass is 35.5.